The molecule has 166 valence electrons. The van der Waals surface area contributed by atoms with Crippen LogP contribution in [0, 0.1) is 11.3 Å². The van der Waals surface area contributed by atoms with Gasteiger partial charge in [-0.2, -0.15) is 26.3 Å². The highest BCUT2D eigenvalue weighted by molar-refractivity contribution is 5.83. The average Bonchev–Trinajstić information content (AvgIpc) is 3.32. The van der Waals surface area contributed by atoms with Gasteiger partial charge in [0.25, 0.3) is 6.10 Å². The van der Waals surface area contributed by atoms with Crippen molar-refractivity contribution in [3.8, 4) is 0 Å². The SMILES string of the molecule is O=C(NC1CCOCC1)[C@H]1CC12CCN(C(=O)OC(C(F)(F)F)C(F)(F)F)CC2. The Balaban J connectivity index is 1.49. The van der Waals surface area contributed by atoms with Crippen LogP contribution in [0.4, 0.5) is 31.1 Å². The zero-order chi connectivity index (χ0) is 21.4. The monoisotopic (exact) mass is 432 g/mol. The Morgan fingerprint density at radius 3 is 2.10 bits per heavy atom. The van der Waals surface area contributed by atoms with E-state index >= 15 is 0 Å². The normalized spacial score (nSPS) is 25.2. The molecule has 2 heterocycles. The van der Waals surface area contributed by atoms with E-state index in [4.69, 9.17) is 4.74 Å². The number of hydrogen-bond acceptors (Lipinski definition) is 4. The maximum atomic E-state index is 12.5. The smallest absolute Gasteiger partial charge is 0.426 e. The molecule has 3 fully saturated rings. The predicted molar refractivity (Wildman–Crippen MR) is 85.7 cm³/mol. The number of ether oxygens (including phenoxy) is 2. The molecule has 3 aliphatic rings. The largest absolute Gasteiger partial charge is 0.434 e. The van der Waals surface area contributed by atoms with E-state index in [9.17, 15) is 35.9 Å². The van der Waals surface area contributed by atoms with Crippen LogP contribution < -0.4 is 5.32 Å². The number of hydrogen-bond donors (Lipinski definition) is 1. The van der Waals surface area contributed by atoms with E-state index < -0.39 is 24.5 Å². The van der Waals surface area contributed by atoms with Gasteiger partial charge in [0, 0.05) is 38.3 Å². The molecule has 29 heavy (non-hydrogen) atoms. The van der Waals surface area contributed by atoms with Gasteiger partial charge in [0.1, 0.15) is 0 Å². The minimum absolute atomic E-state index is 0.0469. The minimum Gasteiger partial charge on any atom is -0.426 e. The van der Waals surface area contributed by atoms with Gasteiger partial charge >= 0.3 is 18.4 Å². The minimum atomic E-state index is -5.74. The van der Waals surface area contributed by atoms with Crippen molar-refractivity contribution in [1.29, 1.82) is 0 Å². The van der Waals surface area contributed by atoms with E-state index in [1.54, 1.807) is 0 Å². The molecular formula is C17H22F6N2O4. The Kier molecular flexibility index (Phi) is 5.94. The first-order valence-electron chi connectivity index (χ1n) is 9.39. The molecule has 0 bridgehead atoms. The van der Waals surface area contributed by atoms with Crippen molar-refractivity contribution in [2.45, 2.75) is 56.6 Å². The Morgan fingerprint density at radius 2 is 1.59 bits per heavy atom. The fraction of sp³-hybridized carbons (Fsp3) is 0.882. The zero-order valence-corrected chi connectivity index (χ0v) is 15.4. The first kappa shape index (κ1) is 22.0. The molecule has 0 aromatic heterocycles. The zero-order valence-electron chi connectivity index (χ0n) is 15.4. The van der Waals surface area contributed by atoms with Gasteiger partial charge in [-0.3, -0.25) is 4.79 Å². The summed E-state index contributed by atoms with van der Waals surface area (Å²) in [5.74, 6) is -0.344. The molecule has 3 rings (SSSR count). The Hall–Kier alpha value is -1.72. The molecule has 6 nitrogen and oxygen atoms in total. The first-order valence-corrected chi connectivity index (χ1v) is 9.39. The second kappa shape index (κ2) is 7.84. The summed E-state index contributed by atoms with van der Waals surface area (Å²) in [5.41, 5.74) is -0.348. The van der Waals surface area contributed by atoms with Crippen molar-refractivity contribution in [2.24, 2.45) is 11.3 Å². The van der Waals surface area contributed by atoms with Gasteiger partial charge in [-0.05, 0) is 37.5 Å². The van der Waals surface area contributed by atoms with Crippen LogP contribution in [0.2, 0.25) is 0 Å². The summed E-state index contributed by atoms with van der Waals surface area (Å²) in [7, 11) is 0. The van der Waals surface area contributed by atoms with Crippen molar-refractivity contribution in [3.63, 3.8) is 0 Å². The van der Waals surface area contributed by atoms with Gasteiger partial charge < -0.3 is 19.7 Å². The topological polar surface area (TPSA) is 67.9 Å². The number of piperidine rings is 1. The van der Waals surface area contributed by atoms with Crippen LogP contribution in [0.3, 0.4) is 0 Å². The molecule has 2 amide bonds. The number of likely N-dealkylation sites (tertiary alicyclic amines) is 1. The summed E-state index contributed by atoms with van der Waals surface area (Å²) >= 11 is 0. The molecule has 0 aromatic rings. The van der Waals surface area contributed by atoms with Crippen LogP contribution in [-0.2, 0) is 14.3 Å². The lowest BCUT2D eigenvalue weighted by atomic mass is 9.90. The van der Waals surface area contributed by atoms with Gasteiger partial charge in [-0.1, -0.05) is 0 Å². The van der Waals surface area contributed by atoms with Crippen LogP contribution in [0.25, 0.3) is 0 Å². The van der Waals surface area contributed by atoms with Crippen molar-refractivity contribution in [2.75, 3.05) is 26.3 Å². The van der Waals surface area contributed by atoms with E-state index in [1.807, 2.05) is 0 Å². The lowest BCUT2D eigenvalue weighted by Gasteiger charge is -2.34. The summed E-state index contributed by atoms with van der Waals surface area (Å²) in [6.07, 6.45) is -14.6. The molecule has 2 saturated heterocycles. The number of carbonyl (C=O) groups is 2. The van der Waals surface area contributed by atoms with Gasteiger partial charge in [-0.15, -0.1) is 0 Å². The number of carbonyl (C=O) groups excluding carboxylic acids is 2. The maximum absolute atomic E-state index is 12.5. The van der Waals surface area contributed by atoms with Crippen LogP contribution in [0.5, 0.6) is 0 Å². The third-order valence-corrected chi connectivity index (χ3v) is 5.90. The van der Waals surface area contributed by atoms with Crippen molar-refractivity contribution in [3.05, 3.63) is 0 Å². The lowest BCUT2D eigenvalue weighted by Crippen LogP contribution is -2.49. The van der Waals surface area contributed by atoms with E-state index in [0.29, 0.717) is 32.5 Å². The molecule has 1 spiro atoms. The molecular weight excluding hydrogens is 410 g/mol. The second-order valence-corrected chi connectivity index (χ2v) is 7.85. The number of alkyl halides is 6. The molecule has 0 radical (unpaired) electrons. The van der Waals surface area contributed by atoms with Crippen molar-refractivity contribution in [1.82, 2.24) is 10.2 Å². The van der Waals surface area contributed by atoms with E-state index in [2.05, 4.69) is 10.1 Å². The van der Waals surface area contributed by atoms with E-state index in [1.165, 1.54) is 0 Å². The molecule has 12 heteroatoms. The van der Waals surface area contributed by atoms with Crippen molar-refractivity contribution >= 4 is 12.0 Å². The first-order chi connectivity index (χ1) is 13.4. The standard InChI is InChI=1S/C17H22F6N2O4/c18-16(19,20)13(17(21,22)23)29-14(27)25-5-3-15(4-6-25)9-11(15)12(26)24-10-1-7-28-8-2-10/h10-11,13H,1-9H2,(H,24,26)/t11-/m1/s1. The number of amides is 2. The number of rotatable bonds is 3. The van der Waals surface area contributed by atoms with Gasteiger partial charge in [0.2, 0.25) is 5.91 Å². The fourth-order valence-electron chi connectivity index (χ4n) is 4.04. The van der Waals surface area contributed by atoms with E-state index in [-0.39, 0.29) is 36.4 Å². The van der Waals surface area contributed by atoms with Crippen molar-refractivity contribution < 1.29 is 45.4 Å². The van der Waals surface area contributed by atoms with Crippen LogP contribution in [0.15, 0.2) is 0 Å². The number of halogens is 6. The third-order valence-electron chi connectivity index (χ3n) is 5.90. The summed E-state index contributed by atoms with van der Waals surface area (Å²) < 4.78 is 84.2. The van der Waals surface area contributed by atoms with Gasteiger partial charge in [-0.25, -0.2) is 4.79 Å². The van der Waals surface area contributed by atoms with E-state index in [0.717, 1.165) is 17.7 Å². The summed E-state index contributed by atoms with van der Waals surface area (Å²) in [6, 6.07) is 0.0469. The number of nitrogens with one attached hydrogen (secondary N) is 1. The molecule has 1 atom stereocenters. The second-order valence-electron chi connectivity index (χ2n) is 7.85. The highest BCUT2D eigenvalue weighted by atomic mass is 19.4. The Labute approximate surface area is 162 Å². The van der Waals surface area contributed by atoms with Gasteiger partial charge in [0.15, 0.2) is 0 Å². The highest BCUT2D eigenvalue weighted by Crippen LogP contribution is 2.59. The summed E-state index contributed by atoms with van der Waals surface area (Å²) in [4.78, 5) is 25.1. The molecule has 1 saturated carbocycles. The molecule has 2 aliphatic heterocycles. The van der Waals surface area contributed by atoms with Crippen LogP contribution >= 0.6 is 0 Å². The van der Waals surface area contributed by atoms with Crippen LogP contribution in [-0.4, -0.2) is 67.7 Å². The highest BCUT2D eigenvalue weighted by Gasteiger charge is 2.61. The quantitative estimate of drug-likeness (QED) is 0.697. The molecule has 1 aliphatic carbocycles. The summed E-state index contributed by atoms with van der Waals surface area (Å²) in [5, 5.41) is 2.97. The molecule has 1 N–H and O–H groups in total. The Morgan fingerprint density at radius 1 is 1.03 bits per heavy atom. The van der Waals surface area contributed by atoms with Crippen LogP contribution in [0.1, 0.15) is 32.1 Å². The lowest BCUT2D eigenvalue weighted by molar-refractivity contribution is -0.308. The average molecular weight is 432 g/mol. The Bertz CT molecular complexity index is 610. The third kappa shape index (κ3) is 5.07. The predicted octanol–water partition coefficient (Wildman–Crippen LogP) is 3.01. The van der Waals surface area contributed by atoms with Gasteiger partial charge in [0.05, 0.1) is 0 Å². The molecule has 0 unspecified atom stereocenters. The summed E-state index contributed by atoms with van der Waals surface area (Å²) in [6.45, 7) is 1.05. The fourth-order valence-corrected chi connectivity index (χ4v) is 4.04. The molecule has 0 aromatic carbocycles. The maximum Gasteiger partial charge on any atom is 0.434 e. The number of nitrogens with zero attached hydrogens (tertiary/aromatic N) is 1.